The minimum absolute atomic E-state index is 0.192. The van der Waals surface area contributed by atoms with Crippen LogP contribution < -0.4 is 0 Å². The van der Waals surface area contributed by atoms with Crippen molar-refractivity contribution in [2.45, 2.75) is 140 Å². The third kappa shape index (κ3) is 12.6. The lowest BCUT2D eigenvalue weighted by atomic mass is 9.80. The molecule has 2 aliphatic rings. The molecule has 0 radical (unpaired) electrons. The van der Waals surface area contributed by atoms with E-state index in [1.54, 1.807) is 0 Å². The fraction of sp³-hybridized carbons (Fsp3) is 0.610. The largest absolute Gasteiger partial charge is 0.289 e. The molecule has 0 N–H and O–H groups in total. The molecule has 242 valence electrons. The molecule has 1 aliphatic carbocycles. The standard InChI is InChI=1S/C41H61OS2/c1-28(2)14-12-16-33-22-31(23-34(43-33)17-13-15-29(3)4)26-37-30(5)38(39(37)42)27-32-24-35(18-20-40(6,7)8)44-36(25-32)19-21-41(9,10)11/h22-29H,12-21H2,1-11H3/q+1. The lowest BCUT2D eigenvalue weighted by molar-refractivity contribution is -0.112. The molecule has 0 amide bonds. The van der Waals surface area contributed by atoms with Gasteiger partial charge in [0.05, 0.1) is 0 Å². The Balaban J connectivity index is 1.89. The molecule has 0 spiro atoms. The van der Waals surface area contributed by atoms with E-state index in [0.29, 0.717) is 10.8 Å². The molecule has 44 heavy (non-hydrogen) atoms. The Morgan fingerprint density at radius 1 is 0.750 bits per heavy atom. The molecule has 0 fully saturated rings. The lowest BCUT2D eigenvalue weighted by Crippen LogP contribution is -2.19. The van der Waals surface area contributed by atoms with Gasteiger partial charge in [-0.15, -0.1) is 0 Å². The Bertz CT molecular complexity index is 1250. The van der Waals surface area contributed by atoms with Gasteiger partial charge in [0.25, 0.3) is 0 Å². The smallest absolute Gasteiger partial charge is 0.218 e. The fourth-order valence-corrected chi connectivity index (χ4v) is 7.91. The summed E-state index contributed by atoms with van der Waals surface area (Å²) >= 11 is 3.94. The molecule has 0 saturated carbocycles. The topological polar surface area (TPSA) is 17.1 Å². The zero-order valence-electron chi connectivity index (χ0n) is 29.9. The number of hydrogen-bond donors (Lipinski definition) is 0. The number of rotatable bonds is 14. The van der Waals surface area contributed by atoms with Crippen LogP contribution in [0.25, 0.3) is 6.08 Å². The fourth-order valence-electron chi connectivity index (χ4n) is 5.56. The van der Waals surface area contributed by atoms with Gasteiger partial charge < -0.3 is 0 Å². The van der Waals surface area contributed by atoms with E-state index in [1.165, 1.54) is 56.4 Å². The molecule has 1 nitrogen and oxygen atoms in total. The van der Waals surface area contributed by atoms with Gasteiger partial charge in [0.2, 0.25) is 21.1 Å². The van der Waals surface area contributed by atoms with Crippen molar-refractivity contribution >= 4 is 35.0 Å². The summed E-state index contributed by atoms with van der Waals surface area (Å²) in [5, 5.41) is 0. The predicted octanol–water partition coefficient (Wildman–Crippen LogP) is 13.4. The van der Waals surface area contributed by atoms with Crippen LogP contribution >= 0.6 is 23.1 Å². The van der Waals surface area contributed by atoms with Crippen molar-refractivity contribution in [3.63, 3.8) is 0 Å². The minimum Gasteiger partial charge on any atom is -0.289 e. The van der Waals surface area contributed by atoms with Crippen LogP contribution in [0.15, 0.2) is 62.5 Å². The lowest BCUT2D eigenvalue weighted by Gasteiger charge is -2.23. The molecular formula is C41H61OS2+. The summed E-state index contributed by atoms with van der Waals surface area (Å²) in [6.45, 7) is 25.3. The number of Topliss-reactive ketones (excluding diaryl/α,β-unsaturated/α-hetero) is 1. The van der Waals surface area contributed by atoms with E-state index in [4.69, 9.17) is 0 Å². The number of aryl methyl sites for hydroxylation is 2. The molecule has 0 atom stereocenters. The van der Waals surface area contributed by atoms with Crippen LogP contribution in [0.5, 0.6) is 0 Å². The Hall–Kier alpha value is -1.71. The van der Waals surface area contributed by atoms with E-state index in [1.807, 2.05) is 23.1 Å². The molecule has 0 saturated heterocycles. The second-order valence-electron chi connectivity index (χ2n) is 16.4. The maximum Gasteiger partial charge on any atom is 0.218 e. The van der Waals surface area contributed by atoms with Crippen LogP contribution in [0.1, 0.15) is 143 Å². The van der Waals surface area contributed by atoms with Crippen molar-refractivity contribution in [1.29, 1.82) is 0 Å². The van der Waals surface area contributed by atoms with Crippen molar-refractivity contribution in [2.24, 2.45) is 22.7 Å². The van der Waals surface area contributed by atoms with Crippen LogP contribution in [-0.2, 0) is 17.6 Å². The highest BCUT2D eigenvalue weighted by molar-refractivity contribution is 8.06. The number of ketones is 1. The molecule has 1 aromatic heterocycles. The summed E-state index contributed by atoms with van der Waals surface area (Å²) in [6, 6.07) is 4.66. The Labute approximate surface area is 279 Å². The molecule has 3 rings (SSSR count). The van der Waals surface area contributed by atoms with E-state index in [9.17, 15) is 4.79 Å². The predicted molar refractivity (Wildman–Crippen MR) is 199 cm³/mol. The second kappa shape index (κ2) is 16.2. The number of hydrogen-bond acceptors (Lipinski definition) is 2. The van der Waals surface area contributed by atoms with Gasteiger partial charge in [0.15, 0.2) is 5.78 Å². The van der Waals surface area contributed by atoms with Gasteiger partial charge in [0, 0.05) is 36.1 Å². The maximum absolute atomic E-state index is 13.6. The average molecular weight is 634 g/mol. The van der Waals surface area contributed by atoms with Gasteiger partial charge in [-0.05, 0) is 119 Å². The van der Waals surface area contributed by atoms with Crippen molar-refractivity contribution in [3.05, 3.63) is 77.8 Å². The van der Waals surface area contributed by atoms with Crippen LogP contribution in [0.4, 0.5) is 0 Å². The van der Waals surface area contributed by atoms with Crippen molar-refractivity contribution in [2.75, 3.05) is 0 Å². The molecule has 0 unspecified atom stereocenters. The number of carbonyl (C=O) groups is 1. The zero-order chi connectivity index (χ0) is 32.7. The van der Waals surface area contributed by atoms with Gasteiger partial charge in [0.1, 0.15) is 0 Å². The number of thioether (sulfide) groups is 1. The molecule has 1 aromatic rings. The van der Waals surface area contributed by atoms with Gasteiger partial charge in [-0.3, -0.25) is 4.79 Å². The van der Waals surface area contributed by atoms with Crippen LogP contribution in [0.3, 0.4) is 0 Å². The number of carbonyl (C=O) groups excluding carboxylic acids is 1. The Kier molecular flexibility index (Phi) is 13.5. The second-order valence-corrected chi connectivity index (χ2v) is 18.9. The van der Waals surface area contributed by atoms with E-state index >= 15 is 0 Å². The highest BCUT2D eigenvalue weighted by Crippen LogP contribution is 2.41. The minimum atomic E-state index is 0.192. The quantitative estimate of drug-likeness (QED) is 0.150. The summed E-state index contributed by atoms with van der Waals surface area (Å²) in [5.41, 5.74) is 5.88. The first-order chi connectivity index (χ1) is 20.5. The summed E-state index contributed by atoms with van der Waals surface area (Å²) in [6.07, 6.45) is 20.7. The first-order valence-corrected chi connectivity index (χ1v) is 18.9. The SMILES string of the molecule is CC1=C(C=C2C=C(CCCC(C)C)SC(CCCC(C)C)=C2)C(=O)C1=Cc1cc(CCC(C)(C)C)[s+]c(CCC(C)(C)C)c1. The highest BCUT2D eigenvalue weighted by atomic mass is 32.2. The van der Waals surface area contributed by atoms with Gasteiger partial charge in [-0.1, -0.05) is 93.8 Å². The normalized spacial score (nSPS) is 17.1. The Morgan fingerprint density at radius 3 is 1.64 bits per heavy atom. The van der Waals surface area contributed by atoms with Crippen LogP contribution in [0, 0.1) is 22.7 Å². The molecule has 0 aromatic carbocycles. The summed E-state index contributed by atoms with van der Waals surface area (Å²) in [7, 11) is 0. The molecule has 0 bridgehead atoms. The van der Waals surface area contributed by atoms with Crippen molar-refractivity contribution in [1.82, 2.24) is 0 Å². The maximum atomic E-state index is 13.6. The van der Waals surface area contributed by atoms with Gasteiger partial charge >= 0.3 is 0 Å². The first kappa shape index (κ1) is 36.8. The van der Waals surface area contributed by atoms with Crippen LogP contribution in [-0.4, -0.2) is 5.78 Å². The summed E-state index contributed by atoms with van der Waals surface area (Å²) in [5.74, 6) is 1.67. The van der Waals surface area contributed by atoms with Gasteiger partial charge in [-0.25, -0.2) is 0 Å². The van der Waals surface area contributed by atoms with E-state index < -0.39 is 0 Å². The molecule has 3 heteroatoms. The zero-order valence-corrected chi connectivity index (χ0v) is 31.5. The van der Waals surface area contributed by atoms with Gasteiger partial charge in [-0.2, -0.15) is 0 Å². The van der Waals surface area contributed by atoms with Crippen molar-refractivity contribution in [3.8, 4) is 0 Å². The molecule has 2 heterocycles. The van der Waals surface area contributed by atoms with E-state index in [2.05, 4.69) is 113 Å². The van der Waals surface area contributed by atoms with Crippen molar-refractivity contribution < 1.29 is 4.79 Å². The monoisotopic (exact) mass is 633 g/mol. The highest BCUT2D eigenvalue weighted by Gasteiger charge is 2.30. The molecule has 1 aliphatic heterocycles. The van der Waals surface area contributed by atoms with Crippen LogP contribution in [0.2, 0.25) is 0 Å². The third-order valence-electron chi connectivity index (χ3n) is 8.41. The summed E-state index contributed by atoms with van der Waals surface area (Å²) in [4.78, 5) is 19.3. The average Bonchev–Trinajstić information content (AvgIpc) is 2.91. The van der Waals surface area contributed by atoms with E-state index in [0.717, 1.165) is 67.1 Å². The first-order valence-electron chi connectivity index (χ1n) is 17.2. The Morgan fingerprint density at radius 2 is 1.23 bits per heavy atom. The molecular weight excluding hydrogens is 573 g/mol. The third-order valence-corrected chi connectivity index (χ3v) is 10.7. The number of allylic oxidation sites excluding steroid dienone is 9. The van der Waals surface area contributed by atoms with E-state index in [-0.39, 0.29) is 5.78 Å². The summed E-state index contributed by atoms with van der Waals surface area (Å²) < 4.78 is 0.